The summed E-state index contributed by atoms with van der Waals surface area (Å²) in [4.78, 5) is 21.5. The smallest absolute Gasteiger partial charge is 0.251 e. The van der Waals surface area contributed by atoms with Crippen LogP contribution in [0.2, 0.25) is 0 Å². The molecule has 35 heavy (non-hydrogen) atoms. The summed E-state index contributed by atoms with van der Waals surface area (Å²) in [5.74, 6) is 0.299. The maximum absolute atomic E-state index is 12.0. The summed E-state index contributed by atoms with van der Waals surface area (Å²) < 4.78 is 6.17. The Kier molecular flexibility index (Phi) is 6.53. The van der Waals surface area contributed by atoms with Crippen molar-refractivity contribution >= 4 is 22.5 Å². The summed E-state index contributed by atoms with van der Waals surface area (Å²) in [5.41, 5.74) is 5.64. The molecular formula is C27H29N5O3. The average molecular weight is 472 g/mol. The SMILES string of the molecule is CC(O)C(=O)N1CCC(Oc2ccc(-c3c[nH]c4ncc(C5=CCNCC5)cc34)cc2C#N)CC1. The zero-order chi connectivity index (χ0) is 24.4. The monoisotopic (exact) mass is 471 g/mol. The Morgan fingerprint density at radius 3 is 2.83 bits per heavy atom. The van der Waals surface area contributed by atoms with E-state index in [1.165, 1.54) is 12.5 Å². The molecule has 1 unspecified atom stereocenters. The Morgan fingerprint density at radius 1 is 1.29 bits per heavy atom. The predicted molar refractivity (Wildman–Crippen MR) is 134 cm³/mol. The quantitative estimate of drug-likeness (QED) is 0.526. The van der Waals surface area contributed by atoms with E-state index in [2.05, 4.69) is 33.5 Å². The summed E-state index contributed by atoms with van der Waals surface area (Å²) in [5, 5.41) is 23.7. The molecule has 0 radical (unpaired) electrons. The van der Waals surface area contributed by atoms with Crippen LogP contribution in [0.3, 0.4) is 0 Å². The molecule has 1 fully saturated rings. The van der Waals surface area contributed by atoms with Gasteiger partial charge in [0.25, 0.3) is 5.91 Å². The van der Waals surface area contributed by atoms with Gasteiger partial charge in [0.15, 0.2) is 0 Å². The fourth-order valence-corrected chi connectivity index (χ4v) is 4.83. The number of aromatic amines is 1. The first-order valence-electron chi connectivity index (χ1n) is 12.1. The number of carbonyl (C=O) groups is 1. The highest BCUT2D eigenvalue weighted by Crippen LogP contribution is 2.34. The summed E-state index contributed by atoms with van der Waals surface area (Å²) in [7, 11) is 0. The Bertz CT molecular complexity index is 1310. The molecule has 1 amide bonds. The number of nitrogens with one attached hydrogen (secondary N) is 2. The molecule has 3 aromatic rings. The standard InChI is InChI=1S/C27H29N5O3/c1-17(33)27(34)32-10-6-22(7-11-32)35-25-3-2-19(12-20(25)14-28)24-16-31-26-23(24)13-21(15-30-26)18-4-8-29-9-5-18/h2-4,12-13,15-17,22,29,33H,5-11H2,1H3,(H,30,31). The van der Waals surface area contributed by atoms with Crippen LogP contribution in [0.15, 0.2) is 42.7 Å². The van der Waals surface area contributed by atoms with Gasteiger partial charge in [-0.05, 0) is 54.8 Å². The van der Waals surface area contributed by atoms with Crippen LogP contribution in [-0.4, -0.2) is 64.3 Å². The number of aliphatic hydroxyl groups is 1. The van der Waals surface area contributed by atoms with Crippen molar-refractivity contribution in [3.05, 3.63) is 53.9 Å². The number of ether oxygens (including phenoxy) is 1. The van der Waals surface area contributed by atoms with Crippen LogP contribution in [-0.2, 0) is 4.79 Å². The lowest BCUT2D eigenvalue weighted by Crippen LogP contribution is -2.45. The molecule has 8 nitrogen and oxygen atoms in total. The molecule has 3 N–H and O–H groups in total. The number of H-pyrrole nitrogens is 1. The van der Waals surface area contributed by atoms with E-state index >= 15 is 0 Å². The molecule has 2 aromatic heterocycles. The number of pyridine rings is 1. The maximum Gasteiger partial charge on any atom is 0.251 e. The average Bonchev–Trinajstić information content (AvgIpc) is 3.33. The molecule has 0 saturated carbocycles. The number of piperidine rings is 1. The Balaban J connectivity index is 1.36. The molecule has 180 valence electrons. The van der Waals surface area contributed by atoms with Crippen molar-refractivity contribution in [2.75, 3.05) is 26.2 Å². The van der Waals surface area contributed by atoms with E-state index in [-0.39, 0.29) is 12.0 Å². The first-order valence-corrected chi connectivity index (χ1v) is 12.1. The number of nitrogens with zero attached hydrogens (tertiary/aromatic N) is 3. The number of nitriles is 1. The number of aromatic nitrogens is 2. The van der Waals surface area contributed by atoms with Gasteiger partial charge in [0, 0.05) is 55.8 Å². The number of benzene rings is 1. The first kappa shape index (κ1) is 23.1. The number of carbonyl (C=O) groups excluding carboxylic acids is 1. The lowest BCUT2D eigenvalue weighted by molar-refractivity contribution is -0.141. The van der Waals surface area contributed by atoms with E-state index in [1.807, 2.05) is 30.6 Å². The fourth-order valence-electron chi connectivity index (χ4n) is 4.83. The zero-order valence-corrected chi connectivity index (χ0v) is 19.8. The number of aliphatic hydroxyl groups excluding tert-OH is 1. The van der Waals surface area contributed by atoms with Crippen LogP contribution in [0.25, 0.3) is 27.7 Å². The van der Waals surface area contributed by atoms with E-state index in [4.69, 9.17) is 4.74 Å². The minimum Gasteiger partial charge on any atom is -0.489 e. The lowest BCUT2D eigenvalue weighted by Gasteiger charge is -2.33. The molecule has 5 rings (SSSR count). The van der Waals surface area contributed by atoms with Crippen LogP contribution < -0.4 is 10.1 Å². The molecule has 8 heteroatoms. The van der Waals surface area contributed by atoms with Gasteiger partial charge in [-0.15, -0.1) is 0 Å². The third-order valence-electron chi connectivity index (χ3n) is 6.78. The minimum atomic E-state index is -0.989. The Hall–Kier alpha value is -3.67. The van der Waals surface area contributed by atoms with Crippen LogP contribution in [0.1, 0.15) is 37.3 Å². The summed E-state index contributed by atoms with van der Waals surface area (Å²) in [6.07, 6.45) is 7.29. The zero-order valence-electron chi connectivity index (χ0n) is 19.8. The second-order valence-electron chi connectivity index (χ2n) is 9.15. The maximum atomic E-state index is 12.0. The molecule has 0 spiro atoms. The van der Waals surface area contributed by atoms with Gasteiger partial charge in [-0.1, -0.05) is 12.1 Å². The minimum absolute atomic E-state index is 0.0795. The second kappa shape index (κ2) is 9.90. The number of likely N-dealkylation sites (tertiary alicyclic amines) is 1. The van der Waals surface area contributed by atoms with Crippen molar-refractivity contribution in [1.29, 1.82) is 5.26 Å². The predicted octanol–water partition coefficient (Wildman–Crippen LogP) is 3.23. The van der Waals surface area contributed by atoms with E-state index < -0.39 is 6.10 Å². The van der Waals surface area contributed by atoms with Gasteiger partial charge in [-0.2, -0.15) is 5.26 Å². The fraction of sp³-hybridized carbons (Fsp3) is 0.370. The molecule has 2 aliphatic rings. The van der Waals surface area contributed by atoms with Gasteiger partial charge in [0.05, 0.1) is 5.56 Å². The van der Waals surface area contributed by atoms with Crippen LogP contribution in [0.4, 0.5) is 0 Å². The first-order chi connectivity index (χ1) is 17.0. The van der Waals surface area contributed by atoms with E-state index in [0.717, 1.165) is 47.2 Å². The van der Waals surface area contributed by atoms with Crippen molar-refractivity contribution in [2.24, 2.45) is 0 Å². The molecule has 0 aliphatic carbocycles. The molecular weight excluding hydrogens is 442 g/mol. The van der Waals surface area contributed by atoms with Crippen LogP contribution >= 0.6 is 0 Å². The Morgan fingerprint density at radius 2 is 2.11 bits per heavy atom. The molecule has 0 bridgehead atoms. The highest BCUT2D eigenvalue weighted by atomic mass is 16.5. The Labute approximate surface area is 204 Å². The van der Waals surface area contributed by atoms with Gasteiger partial charge < -0.3 is 25.0 Å². The van der Waals surface area contributed by atoms with Gasteiger partial charge in [0.1, 0.15) is 29.7 Å². The van der Waals surface area contributed by atoms with Crippen molar-refractivity contribution in [3.8, 4) is 22.9 Å². The van der Waals surface area contributed by atoms with Crippen LogP contribution in [0.5, 0.6) is 5.75 Å². The van der Waals surface area contributed by atoms with Gasteiger partial charge in [-0.25, -0.2) is 4.98 Å². The number of amides is 1. The number of hydrogen-bond acceptors (Lipinski definition) is 6. The number of rotatable bonds is 5. The normalized spacial score (nSPS) is 17.6. The molecule has 1 aromatic carbocycles. The number of hydrogen-bond donors (Lipinski definition) is 3. The van der Waals surface area contributed by atoms with Gasteiger partial charge in [0.2, 0.25) is 0 Å². The summed E-state index contributed by atoms with van der Waals surface area (Å²) in [6.45, 7) is 4.39. The van der Waals surface area contributed by atoms with Gasteiger partial charge >= 0.3 is 0 Å². The second-order valence-corrected chi connectivity index (χ2v) is 9.15. The van der Waals surface area contributed by atoms with Crippen molar-refractivity contribution in [2.45, 2.75) is 38.4 Å². The largest absolute Gasteiger partial charge is 0.489 e. The highest BCUT2D eigenvalue weighted by Gasteiger charge is 2.26. The molecule has 4 heterocycles. The number of fused-ring (bicyclic) bond motifs is 1. The summed E-state index contributed by atoms with van der Waals surface area (Å²) in [6, 6.07) is 10.1. The topological polar surface area (TPSA) is 114 Å². The van der Waals surface area contributed by atoms with E-state index in [9.17, 15) is 15.2 Å². The van der Waals surface area contributed by atoms with E-state index in [0.29, 0.717) is 37.2 Å². The van der Waals surface area contributed by atoms with Crippen molar-refractivity contribution in [3.63, 3.8) is 0 Å². The highest BCUT2D eigenvalue weighted by molar-refractivity contribution is 5.95. The molecule has 2 aliphatic heterocycles. The lowest BCUT2D eigenvalue weighted by atomic mass is 9.98. The third kappa shape index (κ3) is 4.78. The summed E-state index contributed by atoms with van der Waals surface area (Å²) >= 11 is 0. The van der Waals surface area contributed by atoms with E-state index in [1.54, 1.807) is 4.90 Å². The van der Waals surface area contributed by atoms with Crippen molar-refractivity contribution < 1.29 is 14.6 Å². The van der Waals surface area contributed by atoms with Crippen LogP contribution in [0, 0.1) is 11.3 Å². The van der Waals surface area contributed by atoms with Crippen molar-refractivity contribution in [1.82, 2.24) is 20.2 Å². The molecule has 1 atom stereocenters. The third-order valence-corrected chi connectivity index (χ3v) is 6.78. The molecule has 1 saturated heterocycles. The van der Waals surface area contributed by atoms with Gasteiger partial charge in [-0.3, -0.25) is 4.79 Å².